The minimum absolute atomic E-state index is 0.127. The van der Waals surface area contributed by atoms with E-state index in [2.05, 4.69) is 20.9 Å². The number of nitrogens with zero attached hydrogens (tertiary/aromatic N) is 3. The normalized spacial score (nSPS) is 17.9. The lowest BCUT2D eigenvalue weighted by molar-refractivity contribution is -0.116. The van der Waals surface area contributed by atoms with E-state index >= 15 is 0 Å². The van der Waals surface area contributed by atoms with E-state index in [-0.39, 0.29) is 11.9 Å². The summed E-state index contributed by atoms with van der Waals surface area (Å²) in [5, 5.41) is 12.1. The molecule has 1 aromatic heterocycles. The smallest absolute Gasteiger partial charge is 0.240 e. The Bertz CT molecular complexity index is 1030. The number of nitrogens with one attached hydrogen (secondary N) is 2. The van der Waals surface area contributed by atoms with Gasteiger partial charge in [-0.15, -0.1) is 10.2 Å². The van der Waals surface area contributed by atoms with Gasteiger partial charge >= 0.3 is 0 Å². The van der Waals surface area contributed by atoms with Crippen LogP contribution in [0.15, 0.2) is 53.7 Å². The number of thioether (sulfide) groups is 1. The highest BCUT2D eigenvalue weighted by Crippen LogP contribution is 2.39. The fourth-order valence-corrected chi connectivity index (χ4v) is 4.55. The number of hydrogen-bond acceptors (Lipinski definition) is 6. The minimum atomic E-state index is -0.471. The Hall–Kier alpha value is -2.71. The molecular weight excluding hydrogens is 410 g/mol. The van der Waals surface area contributed by atoms with Crippen molar-refractivity contribution in [1.82, 2.24) is 14.9 Å². The Morgan fingerprint density at radius 2 is 2.07 bits per heavy atom. The molecular formula is C20H20ClN5O2S. The molecule has 2 atom stereocenters. The van der Waals surface area contributed by atoms with Crippen LogP contribution in [0.25, 0.3) is 0 Å². The zero-order valence-electron chi connectivity index (χ0n) is 15.9. The number of aromatic nitrogens is 3. The number of carbonyl (C=O) groups is 1. The lowest BCUT2D eigenvalue weighted by Crippen LogP contribution is -2.41. The molecule has 0 fully saturated rings. The Labute approximate surface area is 177 Å². The van der Waals surface area contributed by atoms with Crippen molar-refractivity contribution in [3.8, 4) is 5.75 Å². The molecule has 150 valence electrons. The van der Waals surface area contributed by atoms with Crippen LogP contribution < -0.4 is 15.5 Å². The number of fused-ring (bicyclic) bond motifs is 1. The van der Waals surface area contributed by atoms with Crippen molar-refractivity contribution in [2.75, 3.05) is 17.9 Å². The second kappa shape index (κ2) is 8.34. The van der Waals surface area contributed by atoms with E-state index in [1.54, 1.807) is 13.2 Å². The van der Waals surface area contributed by atoms with Gasteiger partial charge in [-0.2, -0.15) is 0 Å². The number of anilines is 1. The van der Waals surface area contributed by atoms with Gasteiger partial charge in [0.1, 0.15) is 11.0 Å². The summed E-state index contributed by atoms with van der Waals surface area (Å²) < 4.78 is 7.11. The lowest BCUT2D eigenvalue weighted by atomic mass is 10.0. The molecule has 4 rings (SSSR count). The number of para-hydroxylation sites is 1. The van der Waals surface area contributed by atoms with E-state index in [9.17, 15) is 4.79 Å². The Kier molecular flexibility index (Phi) is 5.64. The van der Waals surface area contributed by atoms with Gasteiger partial charge < -0.3 is 15.5 Å². The van der Waals surface area contributed by atoms with E-state index in [1.165, 1.54) is 11.8 Å². The zero-order chi connectivity index (χ0) is 20.4. The summed E-state index contributed by atoms with van der Waals surface area (Å²) in [4.78, 5) is 13.2. The van der Waals surface area contributed by atoms with Crippen LogP contribution in [-0.4, -0.2) is 33.1 Å². The van der Waals surface area contributed by atoms with E-state index in [4.69, 9.17) is 16.3 Å². The first kappa shape index (κ1) is 19.6. The molecule has 9 heteroatoms. The fourth-order valence-electron chi connectivity index (χ4n) is 3.19. The summed E-state index contributed by atoms with van der Waals surface area (Å²) >= 11 is 7.73. The SMILES string of the molecule is CCc1nnc2n1N[C@H](c1ccc(OC)c(Cl)c1)[C@@H](C(=O)Nc1ccccc1)S2. The van der Waals surface area contributed by atoms with E-state index in [0.29, 0.717) is 15.9 Å². The fraction of sp³-hybridized carbons (Fsp3) is 0.250. The number of aryl methyl sites for hydroxylation is 1. The molecule has 0 aliphatic carbocycles. The summed E-state index contributed by atoms with van der Waals surface area (Å²) in [6.07, 6.45) is 0.720. The average molecular weight is 430 g/mol. The zero-order valence-corrected chi connectivity index (χ0v) is 17.5. The number of methoxy groups -OCH3 is 1. The molecule has 0 saturated heterocycles. The molecule has 3 aromatic rings. The van der Waals surface area contributed by atoms with Crippen molar-refractivity contribution >= 4 is 35.0 Å². The maximum Gasteiger partial charge on any atom is 0.240 e. The van der Waals surface area contributed by atoms with Crippen molar-refractivity contribution in [1.29, 1.82) is 0 Å². The van der Waals surface area contributed by atoms with Crippen molar-refractivity contribution < 1.29 is 9.53 Å². The third-order valence-electron chi connectivity index (χ3n) is 4.65. The first-order chi connectivity index (χ1) is 14.1. The summed E-state index contributed by atoms with van der Waals surface area (Å²) in [5.74, 6) is 1.26. The van der Waals surface area contributed by atoms with Crippen LogP contribution in [0.2, 0.25) is 5.02 Å². The molecule has 29 heavy (non-hydrogen) atoms. The predicted molar refractivity (Wildman–Crippen MR) is 114 cm³/mol. The third kappa shape index (κ3) is 3.90. The lowest BCUT2D eigenvalue weighted by Gasteiger charge is -2.33. The number of carbonyl (C=O) groups excluding carboxylic acids is 1. The van der Waals surface area contributed by atoms with Gasteiger partial charge in [0, 0.05) is 12.1 Å². The van der Waals surface area contributed by atoms with E-state index in [0.717, 1.165) is 23.5 Å². The van der Waals surface area contributed by atoms with Crippen LogP contribution in [0.1, 0.15) is 24.4 Å². The summed E-state index contributed by atoms with van der Waals surface area (Å²) in [6.45, 7) is 2.01. The predicted octanol–water partition coefficient (Wildman–Crippen LogP) is 3.90. The molecule has 1 aliphatic heterocycles. The number of benzene rings is 2. The van der Waals surface area contributed by atoms with Gasteiger partial charge in [0.2, 0.25) is 11.1 Å². The van der Waals surface area contributed by atoms with Gasteiger partial charge in [0.15, 0.2) is 5.82 Å². The summed E-state index contributed by atoms with van der Waals surface area (Å²) in [6, 6.07) is 14.6. The molecule has 1 amide bonds. The van der Waals surface area contributed by atoms with Crippen LogP contribution in [0.4, 0.5) is 5.69 Å². The van der Waals surface area contributed by atoms with Crippen molar-refractivity contribution in [2.24, 2.45) is 0 Å². The van der Waals surface area contributed by atoms with Crippen LogP contribution >= 0.6 is 23.4 Å². The molecule has 7 nitrogen and oxygen atoms in total. The molecule has 0 radical (unpaired) electrons. The molecule has 0 bridgehead atoms. The molecule has 2 heterocycles. The van der Waals surface area contributed by atoms with Gasteiger partial charge in [-0.3, -0.25) is 4.79 Å². The highest BCUT2D eigenvalue weighted by atomic mass is 35.5. The van der Waals surface area contributed by atoms with Crippen LogP contribution in [0.5, 0.6) is 5.75 Å². The number of hydrogen-bond donors (Lipinski definition) is 2. The quantitative estimate of drug-likeness (QED) is 0.640. The van der Waals surface area contributed by atoms with Crippen molar-refractivity contribution in [3.05, 3.63) is 64.9 Å². The molecule has 0 unspecified atom stereocenters. The molecule has 2 N–H and O–H groups in total. The van der Waals surface area contributed by atoms with E-state index < -0.39 is 5.25 Å². The number of ether oxygens (including phenoxy) is 1. The highest BCUT2D eigenvalue weighted by molar-refractivity contribution is 8.00. The molecule has 0 saturated carbocycles. The number of halogens is 1. The largest absolute Gasteiger partial charge is 0.495 e. The second-order valence-corrected chi connectivity index (χ2v) is 8.00. The Morgan fingerprint density at radius 3 is 2.76 bits per heavy atom. The van der Waals surface area contributed by atoms with Gasteiger partial charge in [-0.25, -0.2) is 4.68 Å². The topological polar surface area (TPSA) is 81.1 Å². The second-order valence-electron chi connectivity index (χ2n) is 6.48. The van der Waals surface area contributed by atoms with Gasteiger partial charge in [0.25, 0.3) is 0 Å². The van der Waals surface area contributed by atoms with E-state index in [1.807, 2.05) is 54.1 Å². The standard InChI is InChI=1S/C20H20ClN5O2S/c1-3-16-23-24-20-26(16)25-17(12-9-10-15(28-2)14(21)11-12)18(29-20)19(27)22-13-7-5-4-6-8-13/h4-11,17-18,25H,3H2,1-2H3,(H,22,27)/t17-,18+/m1/s1. The minimum Gasteiger partial charge on any atom is -0.495 e. The first-order valence-electron chi connectivity index (χ1n) is 9.17. The summed E-state index contributed by atoms with van der Waals surface area (Å²) in [5.41, 5.74) is 5.02. The maximum atomic E-state index is 13.2. The average Bonchev–Trinajstić information content (AvgIpc) is 3.15. The summed E-state index contributed by atoms with van der Waals surface area (Å²) in [7, 11) is 1.57. The molecule has 1 aliphatic rings. The number of amides is 1. The Morgan fingerprint density at radius 1 is 1.28 bits per heavy atom. The van der Waals surface area contributed by atoms with Gasteiger partial charge in [0.05, 0.1) is 18.2 Å². The molecule has 2 aromatic carbocycles. The maximum absolute atomic E-state index is 13.2. The van der Waals surface area contributed by atoms with Crippen LogP contribution in [0.3, 0.4) is 0 Å². The van der Waals surface area contributed by atoms with Gasteiger partial charge in [-0.05, 0) is 29.8 Å². The molecule has 0 spiro atoms. The van der Waals surface area contributed by atoms with Crippen molar-refractivity contribution in [2.45, 2.75) is 29.8 Å². The highest BCUT2D eigenvalue weighted by Gasteiger charge is 2.38. The Balaban J connectivity index is 1.69. The monoisotopic (exact) mass is 429 g/mol. The van der Waals surface area contributed by atoms with Crippen LogP contribution in [-0.2, 0) is 11.2 Å². The third-order valence-corrected chi connectivity index (χ3v) is 6.17. The van der Waals surface area contributed by atoms with Crippen molar-refractivity contribution in [3.63, 3.8) is 0 Å². The van der Waals surface area contributed by atoms with Gasteiger partial charge in [-0.1, -0.05) is 54.6 Å². The first-order valence-corrected chi connectivity index (χ1v) is 10.4. The number of rotatable bonds is 5. The van der Waals surface area contributed by atoms with Crippen LogP contribution in [0, 0.1) is 0 Å².